The number of aromatic amines is 1. The van der Waals surface area contributed by atoms with Gasteiger partial charge in [0, 0.05) is 46.1 Å². The first kappa shape index (κ1) is 25.6. The zero-order valence-electron chi connectivity index (χ0n) is 20.5. The Bertz CT molecular complexity index is 1410. The molecule has 0 bridgehead atoms. The third kappa shape index (κ3) is 4.82. The lowest BCUT2D eigenvalue weighted by molar-refractivity contribution is -0.0505. The summed E-state index contributed by atoms with van der Waals surface area (Å²) in [5.74, 6) is -1.44. The molecule has 0 aliphatic heterocycles. The van der Waals surface area contributed by atoms with E-state index in [1.54, 1.807) is 19.3 Å². The van der Waals surface area contributed by atoms with Crippen molar-refractivity contribution < 1.29 is 23.0 Å². The van der Waals surface area contributed by atoms with Crippen LogP contribution in [0, 0.1) is 5.82 Å². The van der Waals surface area contributed by atoms with Gasteiger partial charge < -0.3 is 14.8 Å². The Morgan fingerprint density at radius 1 is 1.22 bits per heavy atom. The van der Waals surface area contributed by atoms with Crippen LogP contribution in [0.2, 0.25) is 5.02 Å². The van der Waals surface area contributed by atoms with Gasteiger partial charge in [-0.1, -0.05) is 25.4 Å². The molecule has 196 valence electrons. The fourth-order valence-corrected chi connectivity index (χ4v) is 5.75. The van der Waals surface area contributed by atoms with E-state index in [1.165, 1.54) is 6.07 Å². The maximum absolute atomic E-state index is 14.3. The highest BCUT2D eigenvalue weighted by Crippen LogP contribution is 2.42. The highest BCUT2D eigenvalue weighted by atomic mass is 35.5. The number of aliphatic hydroxyl groups is 1. The third-order valence-electron chi connectivity index (χ3n) is 7.33. The number of halogens is 4. The summed E-state index contributed by atoms with van der Waals surface area (Å²) in [6, 6.07) is 4.41. The Morgan fingerprint density at radius 2 is 1.97 bits per heavy atom. The molecule has 0 amide bonds. The van der Waals surface area contributed by atoms with Crippen LogP contribution in [0.25, 0.3) is 22.2 Å². The summed E-state index contributed by atoms with van der Waals surface area (Å²) in [5.41, 5.74) is 4.41. The lowest BCUT2D eigenvalue weighted by Crippen LogP contribution is -2.23. The molecule has 4 aromatic rings. The predicted octanol–water partition coefficient (Wildman–Crippen LogP) is 7.01. The first-order chi connectivity index (χ1) is 17.8. The molecule has 1 saturated carbocycles. The van der Waals surface area contributed by atoms with Crippen LogP contribution in [0.4, 0.5) is 13.2 Å². The zero-order valence-corrected chi connectivity index (χ0v) is 21.3. The third-order valence-corrected chi connectivity index (χ3v) is 7.71. The quantitative estimate of drug-likeness (QED) is 0.268. The van der Waals surface area contributed by atoms with Crippen LogP contribution < -0.4 is 4.74 Å². The highest BCUT2D eigenvalue weighted by molar-refractivity contribution is 6.31. The van der Waals surface area contributed by atoms with Crippen molar-refractivity contribution in [1.82, 2.24) is 19.7 Å². The van der Waals surface area contributed by atoms with E-state index in [0.29, 0.717) is 5.65 Å². The van der Waals surface area contributed by atoms with Gasteiger partial charge in [-0.2, -0.15) is 13.9 Å². The van der Waals surface area contributed by atoms with Crippen LogP contribution in [0.5, 0.6) is 5.75 Å². The molecule has 0 saturated heterocycles. The van der Waals surface area contributed by atoms with Crippen LogP contribution in [-0.2, 0) is 6.42 Å². The number of nitrogens with one attached hydrogen (secondary N) is 1. The normalized spacial score (nSPS) is 19.0. The van der Waals surface area contributed by atoms with Crippen molar-refractivity contribution in [3.63, 3.8) is 0 Å². The minimum atomic E-state index is -3.07. The molecule has 3 heterocycles. The smallest absolute Gasteiger partial charge is 0.387 e. The van der Waals surface area contributed by atoms with E-state index in [4.69, 9.17) is 16.7 Å². The Balaban J connectivity index is 1.55. The highest BCUT2D eigenvalue weighted by Gasteiger charge is 2.26. The molecule has 0 unspecified atom stereocenters. The van der Waals surface area contributed by atoms with Gasteiger partial charge in [-0.25, -0.2) is 9.37 Å². The SMILES string of the molecule is CCc1c(-c2cnc3[nH]cc([C@H](C)c4c(OC(F)F)ccc(F)c4Cl)c3c2)cnn1C1CCC(O)CC1. The second-order valence-corrected chi connectivity index (χ2v) is 9.88. The Labute approximate surface area is 217 Å². The number of hydrogen-bond acceptors (Lipinski definition) is 4. The van der Waals surface area contributed by atoms with Crippen LogP contribution in [0.15, 0.2) is 36.8 Å². The summed E-state index contributed by atoms with van der Waals surface area (Å²) in [6.07, 6.45) is 9.18. The summed E-state index contributed by atoms with van der Waals surface area (Å²) in [7, 11) is 0. The fraction of sp³-hybridized carbons (Fsp3) is 0.407. The van der Waals surface area contributed by atoms with Crippen LogP contribution in [0.3, 0.4) is 0 Å². The molecule has 2 N–H and O–H groups in total. The van der Waals surface area contributed by atoms with Crippen molar-refractivity contribution in [3.05, 3.63) is 64.5 Å². The topological polar surface area (TPSA) is 76.0 Å². The second kappa shape index (κ2) is 10.4. The van der Waals surface area contributed by atoms with E-state index in [0.717, 1.165) is 65.9 Å². The number of rotatable bonds is 7. The van der Waals surface area contributed by atoms with Gasteiger partial charge in [0.25, 0.3) is 0 Å². The second-order valence-electron chi connectivity index (χ2n) is 9.50. The van der Waals surface area contributed by atoms with Gasteiger partial charge in [0.1, 0.15) is 17.2 Å². The Kier molecular flexibility index (Phi) is 7.18. The van der Waals surface area contributed by atoms with Gasteiger partial charge in [0.15, 0.2) is 0 Å². The number of nitrogens with zero attached hydrogens (tertiary/aromatic N) is 3. The molecule has 0 radical (unpaired) electrons. The lowest BCUT2D eigenvalue weighted by atomic mass is 9.91. The van der Waals surface area contributed by atoms with E-state index < -0.39 is 18.3 Å². The molecule has 1 aromatic carbocycles. The molecule has 1 atom stereocenters. The van der Waals surface area contributed by atoms with Crippen LogP contribution >= 0.6 is 11.6 Å². The van der Waals surface area contributed by atoms with Crippen molar-refractivity contribution >= 4 is 22.6 Å². The number of fused-ring (bicyclic) bond motifs is 1. The maximum atomic E-state index is 14.3. The fourth-order valence-electron chi connectivity index (χ4n) is 5.43. The van der Waals surface area contributed by atoms with Gasteiger partial charge in [-0.3, -0.25) is 4.68 Å². The van der Waals surface area contributed by atoms with Gasteiger partial charge in [0.05, 0.1) is 23.4 Å². The summed E-state index contributed by atoms with van der Waals surface area (Å²) in [6.45, 7) is 0.780. The van der Waals surface area contributed by atoms with Gasteiger partial charge >= 0.3 is 6.61 Å². The van der Waals surface area contributed by atoms with Crippen LogP contribution in [0.1, 0.15) is 68.3 Å². The molecular weight excluding hydrogens is 505 g/mol. The molecule has 6 nitrogen and oxygen atoms in total. The van der Waals surface area contributed by atoms with Gasteiger partial charge in [-0.15, -0.1) is 0 Å². The number of H-pyrrole nitrogens is 1. The number of aromatic nitrogens is 4. The number of hydrogen-bond donors (Lipinski definition) is 2. The van der Waals surface area contributed by atoms with Gasteiger partial charge in [0.2, 0.25) is 0 Å². The van der Waals surface area contributed by atoms with Crippen molar-refractivity contribution in [2.75, 3.05) is 0 Å². The standard InChI is InChI=1S/C27H28ClF3N4O2/c1-3-22-20(13-34-35(22)16-4-6-17(36)7-5-16)15-10-18-19(12-33-26(18)32-11-15)14(2)24-23(37-27(30)31)9-8-21(29)25(24)28/h8-14,16-17,27,36H,3-7H2,1-2H3,(H,32,33)/t14-,16?,17?/m0/s1. The monoisotopic (exact) mass is 532 g/mol. The zero-order chi connectivity index (χ0) is 26.3. The number of pyridine rings is 1. The molecule has 1 aliphatic carbocycles. The number of benzene rings is 1. The first-order valence-corrected chi connectivity index (χ1v) is 12.8. The molecular formula is C27H28ClF3N4O2. The number of alkyl halides is 2. The van der Waals surface area contributed by atoms with E-state index in [9.17, 15) is 18.3 Å². The van der Waals surface area contributed by atoms with Crippen molar-refractivity contribution in [1.29, 1.82) is 0 Å². The number of aliphatic hydroxyl groups excluding tert-OH is 1. The minimum absolute atomic E-state index is 0.148. The van der Waals surface area contributed by atoms with Crippen LogP contribution in [-0.4, -0.2) is 37.6 Å². The van der Waals surface area contributed by atoms with E-state index in [-0.39, 0.29) is 28.5 Å². The molecule has 3 aromatic heterocycles. The molecule has 5 rings (SSSR count). The van der Waals surface area contributed by atoms with Gasteiger partial charge in [-0.05, 0) is 55.9 Å². The summed E-state index contributed by atoms with van der Waals surface area (Å²) in [4.78, 5) is 7.71. The van der Waals surface area contributed by atoms with E-state index >= 15 is 0 Å². The minimum Gasteiger partial charge on any atom is -0.434 e. The molecule has 0 spiro atoms. The molecule has 10 heteroatoms. The predicted molar refractivity (Wildman–Crippen MR) is 136 cm³/mol. The maximum Gasteiger partial charge on any atom is 0.387 e. The summed E-state index contributed by atoms with van der Waals surface area (Å²) in [5, 5.41) is 15.1. The van der Waals surface area contributed by atoms with Crippen molar-refractivity contribution in [2.24, 2.45) is 0 Å². The first-order valence-electron chi connectivity index (χ1n) is 12.4. The van der Waals surface area contributed by atoms with E-state index in [1.807, 2.05) is 12.3 Å². The average Bonchev–Trinajstić information content (AvgIpc) is 3.50. The lowest BCUT2D eigenvalue weighted by Gasteiger charge is -2.27. The summed E-state index contributed by atoms with van der Waals surface area (Å²) >= 11 is 6.24. The molecule has 1 fully saturated rings. The molecule has 37 heavy (non-hydrogen) atoms. The largest absolute Gasteiger partial charge is 0.434 e. The Hall–Kier alpha value is -3.04. The number of ether oxygens (including phenoxy) is 1. The molecule has 1 aliphatic rings. The summed E-state index contributed by atoms with van der Waals surface area (Å²) < 4.78 is 47.2. The van der Waals surface area contributed by atoms with Crippen molar-refractivity contribution in [2.45, 2.75) is 70.6 Å². The van der Waals surface area contributed by atoms with Crippen molar-refractivity contribution in [3.8, 4) is 16.9 Å². The average molecular weight is 533 g/mol. The Morgan fingerprint density at radius 3 is 2.68 bits per heavy atom. The van der Waals surface area contributed by atoms with E-state index in [2.05, 4.69) is 26.3 Å².